The maximum atomic E-state index is 5.70. The number of ether oxygens (including phenoxy) is 1. The Morgan fingerprint density at radius 2 is 2.00 bits per heavy atom. The topological polar surface area (TPSA) is 9.23 Å². The van der Waals surface area contributed by atoms with Crippen LogP contribution in [-0.4, -0.2) is 13.2 Å². The van der Waals surface area contributed by atoms with E-state index >= 15 is 0 Å². The van der Waals surface area contributed by atoms with E-state index in [1.165, 1.54) is 33.4 Å². The van der Waals surface area contributed by atoms with Crippen molar-refractivity contribution in [2.75, 3.05) is 13.2 Å². The Labute approximate surface area is 119 Å². The molecule has 0 radical (unpaired) electrons. The van der Waals surface area contributed by atoms with Gasteiger partial charge in [0.1, 0.15) is 0 Å². The number of hydrogen-bond donors (Lipinski definition) is 0. The number of allylic oxidation sites excluding steroid dienone is 7. The molecular weight excluding hydrogens is 244 g/mol. The molecule has 98 valence electrons. The Bertz CT molecular complexity index is 711. The van der Waals surface area contributed by atoms with Crippen LogP contribution >= 0.6 is 0 Å². The average molecular weight is 260 g/mol. The minimum absolute atomic E-state index is 0.723. The van der Waals surface area contributed by atoms with Crippen molar-refractivity contribution in [3.8, 4) is 0 Å². The molecule has 0 aromatic heterocycles. The maximum absolute atomic E-state index is 5.70. The van der Waals surface area contributed by atoms with Gasteiger partial charge >= 0.3 is 0 Å². The molecule has 0 saturated carbocycles. The first-order valence-electron chi connectivity index (χ1n) is 7.07. The number of rotatable bonds is 1. The minimum Gasteiger partial charge on any atom is -0.372 e. The van der Waals surface area contributed by atoms with E-state index in [1.807, 2.05) is 0 Å². The van der Waals surface area contributed by atoms with E-state index in [9.17, 15) is 0 Å². The highest BCUT2D eigenvalue weighted by atomic mass is 16.5. The lowest BCUT2D eigenvalue weighted by Crippen LogP contribution is -1.92. The average Bonchev–Trinajstić information content (AvgIpc) is 3.19. The maximum Gasteiger partial charge on any atom is 0.0731 e. The fourth-order valence-electron chi connectivity index (χ4n) is 3.03. The molecule has 1 aliphatic heterocycles. The molecule has 0 spiro atoms. The molecule has 0 atom stereocenters. The second kappa shape index (κ2) is 4.77. The molecule has 3 aliphatic rings. The summed E-state index contributed by atoms with van der Waals surface area (Å²) in [7, 11) is 0. The summed E-state index contributed by atoms with van der Waals surface area (Å²) in [4.78, 5) is 0. The molecule has 1 aromatic carbocycles. The van der Waals surface area contributed by atoms with Crippen LogP contribution in [0.1, 0.15) is 17.5 Å². The van der Waals surface area contributed by atoms with E-state index in [4.69, 9.17) is 4.74 Å². The quantitative estimate of drug-likeness (QED) is 0.731. The van der Waals surface area contributed by atoms with E-state index in [0.717, 1.165) is 19.6 Å². The summed E-state index contributed by atoms with van der Waals surface area (Å²) in [5, 5.41) is 0. The van der Waals surface area contributed by atoms with Crippen molar-refractivity contribution in [1.29, 1.82) is 0 Å². The van der Waals surface area contributed by atoms with Crippen molar-refractivity contribution in [3.63, 3.8) is 0 Å². The van der Waals surface area contributed by atoms with Gasteiger partial charge in [0.25, 0.3) is 0 Å². The molecule has 4 rings (SSSR count). The predicted molar refractivity (Wildman–Crippen MR) is 83.1 cm³/mol. The molecule has 1 nitrogen and oxygen atoms in total. The highest BCUT2D eigenvalue weighted by Crippen LogP contribution is 2.36. The van der Waals surface area contributed by atoms with Gasteiger partial charge in [-0.25, -0.2) is 0 Å². The number of benzene rings is 1. The lowest BCUT2D eigenvalue weighted by molar-refractivity contribution is 0.215. The van der Waals surface area contributed by atoms with Crippen LogP contribution < -0.4 is 0 Å². The van der Waals surface area contributed by atoms with Crippen LogP contribution in [0.5, 0.6) is 0 Å². The summed E-state index contributed by atoms with van der Waals surface area (Å²) < 4.78 is 5.70. The van der Waals surface area contributed by atoms with Crippen LogP contribution in [0.3, 0.4) is 0 Å². The Kier molecular flexibility index (Phi) is 2.79. The van der Waals surface area contributed by atoms with Crippen molar-refractivity contribution in [2.24, 2.45) is 0 Å². The molecule has 2 aliphatic carbocycles. The first-order valence-corrected chi connectivity index (χ1v) is 7.07. The fraction of sp³-hybridized carbons (Fsp3) is 0.158. The summed E-state index contributed by atoms with van der Waals surface area (Å²) in [6, 6.07) is 8.56. The van der Waals surface area contributed by atoms with Crippen molar-refractivity contribution >= 4 is 11.6 Å². The summed E-state index contributed by atoms with van der Waals surface area (Å²) in [5.41, 5.74) is 8.02. The third-order valence-corrected chi connectivity index (χ3v) is 4.06. The number of hydrogen-bond acceptors (Lipinski definition) is 1. The molecule has 1 saturated heterocycles. The van der Waals surface area contributed by atoms with E-state index in [-0.39, 0.29) is 0 Å². The number of fused-ring (bicyclic) bond motifs is 1. The third kappa shape index (κ3) is 1.91. The highest BCUT2D eigenvalue weighted by molar-refractivity contribution is 5.93. The van der Waals surface area contributed by atoms with Crippen LogP contribution in [0, 0.1) is 0 Å². The van der Waals surface area contributed by atoms with Gasteiger partial charge in [-0.2, -0.15) is 0 Å². The molecule has 20 heavy (non-hydrogen) atoms. The van der Waals surface area contributed by atoms with Gasteiger partial charge in [-0.1, -0.05) is 60.7 Å². The molecule has 1 heteroatoms. The molecule has 0 bridgehead atoms. The van der Waals surface area contributed by atoms with Crippen LogP contribution in [0.25, 0.3) is 11.6 Å². The second-order valence-corrected chi connectivity index (χ2v) is 5.35. The molecular formula is C19H16O. The van der Waals surface area contributed by atoms with Crippen LogP contribution in [-0.2, 0) is 4.74 Å². The summed E-state index contributed by atoms with van der Waals surface area (Å²) in [6.45, 7) is 1.45. The van der Waals surface area contributed by atoms with Gasteiger partial charge in [0, 0.05) is 0 Å². The predicted octanol–water partition coefficient (Wildman–Crippen LogP) is 4.31. The molecule has 1 fully saturated rings. The van der Waals surface area contributed by atoms with Gasteiger partial charge in [-0.3, -0.25) is 0 Å². The van der Waals surface area contributed by atoms with Gasteiger partial charge in [0.2, 0.25) is 0 Å². The molecule has 0 amide bonds. The van der Waals surface area contributed by atoms with E-state index in [1.54, 1.807) is 0 Å². The van der Waals surface area contributed by atoms with E-state index in [2.05, 4.69) is 60.7 Å². The van der Waals surface area contributed by atoms with Crippen LogP contribution in [0.2, 0.25) is 0 Å². The zero-order valence-electron chi connectivity index (χ0n) is 11.3. The lowest BCUT2D eigenvalue weighted by atomic mass is 9.96. The zero-order chi connectivity index (χ0) is 13.4. The van der Waals surface area contributed by atoms with Crippen molar-refractivity contribution in [2.45, 2.75) is 6.42 Å². The van der Waals surface area contributed by atoms with Crippen LogP contribution in [0.15, 0.2) is 71.4 Å². The van der Waals surface area contributed by atoms with Gasteiger partial charge in [-0.05, 0) is 39.8 Å². The van der Waals surface area contributed by atoms with Crippen molar-refractivity contribution < 1.29 is 4.74 Å². The lowest BCUT2D eigenvalue weighted by Gasteiger charge is -2.07. The Morgan fingerprint density at radius 3 is 2.90 bits per heavy atom. The Hall–Kier alpha value is -2.12. The summed E-state index contributed by atoms with van der Waals surface area (Å²) in [6.07, 6.45) is 14.3. The van der Waals surface area contributed by atoms with Gasteiger partial charge in [0.15, 0.2) is 0 Å². The standard InChI is InChI=1S/C19H16O/c1-2-6-14(5-1)11-16-12-20-13-19(16)18-10-9-15-7-3-4-8-17(15)18/h1-5,7-11H,6,12-13H2/b16-11+,19-18+. The molecule has 0 unspecified atom stereocenters. The van der Waals surface area contributed by atoms with E-state index in [0.29, 0.717) is 0 Å². The minimum atomic E-state index is 0.723. The first kappa shape index (κ1) is 11.7. The van der Waals surface area contributed by atoms with E-state index < -0.39 is 0 Å². The molecule has 0 N–H and O–H groups in total. The SMILES string of the molecule is C1=CCC(/C=C2\COC\C2=C2\C=Cc3ccccc32)=C1. The fourth-order valence-corrected chi connectivity index (χ4v) is 3.03. The summed E-state index contributed by atoms with van der Waals surface area (Å²) in [5.74, 6) is 0. The van der Waals surface area contributed by atoms with Gasteiger partial charge < -0.3 is 4.74 Å². The first-order chi connectivity index (χ1) is 9.92. The second-order valence-electron chi connectivity index (χ2n) is 5.35. The van der Waals surface area contributed by atoms with Crippen molar-refractivity contribution in [1.82, 2.24) is 0 Å². The zero-order valence-corrected chi connectivity index (χ0v) is 11.3. The summed E-state index contributed by atoms with van der Waals surface area (Å²) >= 11 is 0. The van der Waals surface area contributed by atoms with Gasteiger partial charge in [0.05, 0.1) is 13.2 Å². The molecule has 1 aromatic rings. The largest absolute Gasteiger partial charge is 0.372 e. The normalized spacial score (nSPS) is 25.6. The van der Waals surface area contributed by atoms with Gasteiger partial charge in [-0.15, -0.1) is 0 Å². The van der Waals surface area contributed by atoms with Crippen LogP contribution in [0.4, 0.5) is 0 Å². The highest BCUT2D eigenvalue weighted by Gasteiger charge is 2.22. The smallest absolute Gasteiger partial charge is 0.0731 e. The monoisotopic (exact) mass is 260 g/mol. The Morgan fingerprint density at radius 1 is 1.05 bits per heavy atom. The Balaban J connectivity index is 1.78. The molecule has 1 heterocycles. The third-order valence-electron chi connectivity index (χ3n) is 4.06. The van der Waals surface area contributed by atoms with Crippen molar-refractivity contribution in [3.05, 3.63) is 82.5 Å².